The van der Waals surface area contributed by atoms with Crippen molar-refractivity contribution < 1.29 is 14.3 Å². The number of hydrogen-bond donors (Lipinski definition) is 2. The van der Waals surface area contributed by atoms with Gasteiger partial charge in [-0.25, -0.2) is 4.98 Å². The van der Waals surface area contributed by atoms with Crippen molar-refractivity contribution in [2.75, 3.05) is 11.9 Å². The van der Waals surface area contributed by atoms with Gasteiger partial charge in [-0.05, 0) is 45.1 Å². The van der Waals surface area contributed by atoms with Crippen LogP contribution in [0.15, 0.2) is 30.5 Å². The maximum atomic E-state index is 11.9. The quantitative estimate of drug-likeness (QED) is 0.645. The van der Waals surface area contributed by atoms with E-state index < -0.39 is 11.8 Å². The van der Waals surface area contributed by atoms with Crippen LogP contribution in [0.1, 0.15) is 33.1 Å². The Kier molecular flexibility index (Phi) is 6.14. The first-order valence-electron chi connectivity index (χ1n) is 7.91. The second kappa shape index (κ2) is 8.31. The Morgan fingerprint density at radius 2 is 2.13 bits per heavy atom. The van der Waals surface area contributed by atoms with E-state index in [1.54, 1.807) is 12.1 Å². The molecule has 1 aromatic rings. The topological polar surface area (TPSA) is 80.3 Å². The van der Waals surface area contributed by atoms with Gasteiger partial charge in [0.05, 0.1) is 18.0 Å². The van der Waals surface area contributed by atoms with Gasteiger partial charge in [0, 0.05) is 12.6 Å². The molecule has 2 amide bonds. The van der Waals surface area contributed by atoms with Gasteiger partial charge in [0.15, 0.2) is 0 Å². The summed E-state index contributed by atoms with van der Waals surface area (Å²) < 4.78 is 5.42. The lowest BCUT2D eigenvalue weighted by Gasteiger charge is -2.17. The third-order valence-electron chi connectivity index (χ3n) is 3.49. The zero-order valence-electron chi connectivity index (χ0n) is 13.5. The van der Waals surface area contributed by atoms with Crippen LogP contribution in [0.3, 0.4) is 0 Å². The Labute approximate surface area is 136 Å². The molecule has 6 heteroatoms. The molecule has 0 bridgehead atoms. The van der Waals surface area contributed by atoms with Crippen molar-refractivity contribution in [1.82, 2.24) is 10.3 Å². The molecule has 1 aromatic heterocycles. The van der Waals surface area contributed by atoms with Crippen LogP contribution in [0.25, 0.3) is 0 Å². The van der Waals surface area contributed by atoms with E-state index in [0.29, 0.717) is 24.0 Å². The first-order chi connectivity index (χ1) is 11.0. The number of anilines is 1. The first-order valence-corrected chi connectivity index (χ1v) is 7.91. The van der Waals surface area contributed by atoms with Crippen LogP contribution in [0, 0.1) is 5.92 Å². The summed E-state index contributed by atoms with van der Waals surface area (Å²) in [6.07, 6.45) is 8.78. The molecule has 0 saturated carbocycles. The summed E-state index contributed by atoms with van der Waals surface area (Å²) in [5.74, 6) is -0.420. The summed E-state index contributed by atoms with van der Waals surface area (Å²) in [6.45, 7) is 4.34. The largest absolute Gasteiger partial charge is 0.475 e. The van der Waals surface area contributed by atoms with Gasteiger partial charge in [0.25, 0.3) is 0 Å². The summed E-state index contributed by atoms with van der Waals surface area (Å²) in [5, 5.41) is 5.21. The molecule has 1 aliphatic carbocycles. The Morgan fingerprint density at radius 3 is 2.74 bits per heavy atom. The van der Waals surface area contributed by atoms with Crippen molar-refractivity contribution >= 4 is 17.5 Å². The van der Waals surface area contributed by atoms with Crippen molar-refractivity contribution in [3.05, 3.63) is 30.5 Å². The van der Waals surface area contributed by atoms with Crippen LogP contribution in [0.2, 0.25) is 0 Å². The molecule has 0 spiro atoms. The highest BCUT2D eigenvalue weighted by Gasteiger charge is 2.16. The molecule has 124 valence electrons. The zero-order chi connectivity index (χ0) is 16.7. The molecule has 1 unspecified atom stereocenters. The molecule has 0 aromatic carbocycles. The van der Waals surface area contributed by atoms with Crippen molar-refractivity contribution in [2.24, 2.45) is 5.92 Å². The summed E-state index contributed by atoms with van der Waals surface area (Å²) in [4.78, 5) is 27.7. The van der Waals surface area contributed by atoms with E-state index in [-0.39, 0.29) is 6.10 Å². The fraction of sp³-hybridized carbons (Fsp3) is 0.471. The zero-order valence-corrected chi connectivity index (χ0v) is 13.5. The Balaban J connectivity index is 1.78. The highest BCUT2D eigenvalue weighted by Crippen LogP contribution is 2.17. The molecule has 0 aliphatic heterocycles. The average molecular weight is 317 g/mol. The molecule has 2 rings (SSSR count). The molecule has 1 atom stereocenters. The van der Waals surface area contributed by atoms with Gasteiger partial charge in [-0.15, -0.1) is 0 Å². The first kappa shape index (κ1) is 17.0. The number of nitrogens with one attached hydrogen (secondary N) is 2. The predicted octanol–water partition coefficient (Wildman–Crippen LogP) is 2.28. The molecule has 0 saturated heterocycles. The second-order valence-corrected chi connectivity index (χ2v) is 5.87. The van der Waals surface area contributed by atoms with Gasteiger partial charge in [-0.3, -0.25) is 9.59 Å². The van der Waals surface area contributed by atoms with Crippen molar-refractivity contribution in [1.29, 1.82) is 0 Å². The summed E-state index contributed by atoms with van der Waals surface area (Å²) in [5.41, 5.74) is 0.460. The van der Waals surface area contributed by atoms with Crippen LogP contribution in [-0.2, 0) is 9.59 Å². The molecule has 1 aliphatic rings. The number of allylic oxidation sites excluding steroid dienone is 2. The van der Waals surface area contributed by atoms with Crippen molar-refractivity contribution in [3.63, 3.8) is 0 Å². The van der Waals surface area contributed by atoms with E-state index in [1.807, 2.05) is 13.8 Å². The normalized spacial score (nSPS) is 16.9. The minimum atomic E-state index is -0.685. The predicted molar refractivity (Wildman–Crippen MR) is 88.1 cm³/mol. The SMILES string of the molecule is CC(C)Oc1ccc(NC(=O)C(=O)NCC2CC=CCC2)cn1. The Hall–Kier alpha value is -2.37. The second-order valence-electron chi connectivity index (χ2n) is 5.87. The molecular weight excluding hydrogens is 294 g/mol. The number of carbonyl (C=O) groups excluding carboxylic acids is 2. The van der Waals surface area contributed by atoms with Crippen LogP contribution in [0.4, 0.5) is 5.69 Å². The lowest BCUT2D eigenvalue weighted by Crippen LogP contribution is -2.38. The summed E-state index contributed by atoms with van der Waals surface area (Å²) in [6, 6.07) is 3.31. The number of aromatic nitrogens is 1. The molecule has 0 radical (unpaired) electrons. The van der Waals surface area contributed by atoms with Gasteiger partial charge >= 0.3 is 11.8 Å². The summed E-state index contributed by atoms with van der Waals surface area (Å²) >= 11 is 0. The van der Waals surface area contributed by atoms with Crippen LogP contribution in [-0.4, -0.2) is 29.4 Å². The smallest absolute Gasteiger partial charge is 0.313 e. The van der Waals surface area contributed by atoms with Crippen molar-refractivity contribution in [3.8, 4) is 5.88 Å². The van der Waals surface area contributed by atoms with Crippen LogP contribution >= 0.6 is 0 Å². The minimum absolute atomic E-state index is 0.0309. The van der Waals surface area contributed by atoms with Crippen LogP contribution < -0.4 is 15.4 Å². The minimum Gasteiger partial charge on any atom is -0.475 e. The van der Waals surface area contributed by atoms with E-state index in [9.17, 15) is 9.59 Å². The maximum Gasteiger partial charge on any atom is 0.313 e. The Bertz CT molecular complexity index is 567. The number of rotatable bonds is 5. The van der Waals surface area contributed by atoms with Gasteiger partial charge in [0.2, 0.25) is 5.88 Å². The molecule has 6 nitrogen and oxygen atoms in total. The standard InChI is InChI=1S/C17H23N3O3/c1-12(2)23-15-9-8-14(11-18-15)20-17(22)16(21)19-10-13-6-4-3-5-7-13/h3-4,8-9,11-13H,5-7,10H2,1-2H3,(H,19,21)(H,20,22). The van der Waals surface area contributed by atoms with Crippen LogP contribution in [0.5, 0.6) is 5.88 Å². The van der Waals surface area contributed by atoms with Crippen molar-refractivity contribution in [2.45, 2.75) is 39.2 Å². The van der Waals surface area contributed by atoms with E-state index in [2.05, 4.69) is 27.8 Å². The average Bonchev–Trinajstić information content (AvgIpc) is 2.55. The fourth-order valence-electron chi connectivity index (χ4n) is 2.31. The van der Waals surface area contributed by atoms with Gasteiger partial charge in [-0.2, -0.15) is 0 Å². The van der Waals surface area contributed by atoms with Gasteiger partial charge in [-0.1, -0.05) is 12.2 Å². The number of nitrogens with zero attached hydrogens (tertiary/aromatic N) is 1. The lowest BCUT2D eigenvalue weighted by atomic mass is 9.94. The highest BCUT2D eigenvalue weighted by atomic mass is 16.5. The maximum absolute atomic E-state index is 11.9. The van der Waals surface area contributed by atoms with Gasteiger partial charge in [0.1, 0.15) is 0 Å². The van der Waals surface area contributed by atoms with Gasteiger partial charge < -0.3 is 15.4 Å². The van der Waals surface area contributed by atoms with E-state index in [1.165, 1.54) is 6.20 Å². The number of ether oxygens (including phenoxy) is 1. The highest BCUT2D eigenvalue weighted by molar-refractivity contribution is 6.39. The third kappa shape index (κ3) is 5.73. The molecule has 0 fully saturated rings. The number of pyridine rings is 1. The molecule has 1 heterocycles. The monoisotopic (exact) mass is 317 g/mol. The number of hydrogen-bond acceptors (Lipinski definition) is 4. The van der Waals surface area contributed by atoms with E-state index in [0.717, 1.165) is 19.3 Å². The third-order valence-corrected chi connectivity index (χ3v) is 3.49. The van der Waals surface area contributed by atoms with E-state index in [4.69, 9.17) is 4.74 Å². The van der Waals surface area contributed by atoms with E-state index >= 15 is 0 Å². The fourth-order valence-corrected chi connectivity index (χ4v) is 2.31. The Morgan fingerprint density at radius 1 is 1.30 bits per heavy atom. The lowest BCUT2D eigenvalue weighted by molar-refractivity contribution is -0.136. The molecule has 2 N–H and O–H groups in total. The number of amides is 2. The molecular formula is C17H23N3O3. The number of carbonyl (C=O) groups is 2. The summed E-state index contributed by atoms with van der Waals surface area (Å²) in [7, 11) is 0. The molecule has 23 heavy (non-hydrogen) atoms.